The largest absolute Gasteiger partial charge is 0.453 e. The van der Waals surface area contributed by atoms with Gasteiger partial charge in [-0.1, -0.05) is 18.2 Å². The smallest absolute Gasteiger partial charge is 0.220 e. The lowest BCUT2D eigenvalue weighted by molar-refractivity contribution is -0.122. The van der Waals surface area contributed by atoms with E-state index in [0.717, 1.165) is 77.2 Å². The minimum atomic E-state index is -0.489. The topological polar surface area (TPSA) is 97.3 Å². The van der Waals surface area contributed by atoms with Gasteiger partial charge in [0.2, 0.25) is 5.91 Å². The van der Waals surface area contributed by atoms with Gasteiger partial charge in [0, 0.05) is 75.8 Å². The molecule has 0 radical (unpaired) electrons. The maximum atomic E-state index is 15.0. The van der Waals surface area contributed by atoms with Crippen LogP contribution in [0.4, 0.5) is 4.39 Å². The predicted molar refractivity (Wildman–Crippen MR) is 184 cm³/mol. The number of aromatic nitrogens is 3. The molecule has 0 spiro atoms. The Bertz CT molecular complexity index is 1890. The van der Waals surface area contributed by atoms with Crippen LogP contribution in [0.5, 0.6) is 11.5 Å². The van der Waals surface area contributed by atoms with Crippen molar-refractivity contribution in [2.75, 3.05) is 13.1 Å². The number of likely N-dealkylation sites (tertiary alicyclic amines) is 1. The minimum Gasteiger partial charge on any atom is -0.453 e. The Morgan fingerprint density at radius 2 is 1.77 bits per heavy atom. The van der Waals surface area contributed by atoms with Crippen LogP contribution in [0.15, 0.2) is 79.4 Å². The highest BCUT2D eigenvalue weighted by molar-refractivity contribution is 7.22. The minimum absolute atomic E-state index is 0.0985. The molecule has 1 aromatic carbocycles. The van der Waals surface area contributed by atoms with Crippen LogP contribution in [0.3, 0.4) is 0 Å². The maximum absolute atomic E-state index is 15.0. The number of pyridine rings is 3. The molecule has 0 bridgehead atoms. The Kier molecular flexibility index (Phi) is 9.81. The third kappa shape index (κ3) is 8.29. The second-order valence-corrected chi connectivity index (χ2v) is 13.9. The highest BCUT2D eigenvalue weighted by atomic mass is 32.1. The van der Waals surface area contributed by atoms with E-state index in [0.29, 0.717) is 36.5 Å². The van der Waals surface area contributed by atoms with Crippen LogP contribution < -0.4 is 10.1 Å². The number of Topliss-reactive ketones (excluding diaryl/α,β-unsaturated/α-hetero) is 1. The average Bonchev–Trinajstić information content (AvgIpc) is 3.80. The van der Waals surface area contributed by atoms with Crippen molar-refractivity contribution >= 4 is 33.2 Å². The number of ketones is 1. The van der Waals surface area contributed by atoms with E-state index in [1.165, 1.54) is 17.4 Å². The summed E-state index contributed by atoms with van der Waals surface area (Å²) in [5.41, 5.74) is 4.47. The molecule has 1 aliphatic carbocycles. The maximum Gasteiger partial charge on any atom is 0.220 e. The number of rotatable bonds is 13. The number of nitrogens with zero attached hydrogens (tertiary/aromatic N) is 4. The summed E-state index contributed by atoms with van der Waals surface area (Å²) >= 11 is 1.51. The quantitative estimate of drug-likeness (QED) is 0.141. The number of benzene rings is 1. The van der Waals surface area contributed by atoms with Crippen molar-refractivity contribution < 1.29 is 18.7 Å². The van der Waals surface area contributed by atoms with Crippen LogP contribution in [-0.4, -0.2) is 50.7 Å². The number of fused-ring (bicyclic) bond motifs is 1. The summed E-state index contributed by atoms with van der Waals surface area (Å²) in [4.78, 5) is 41.4. The number of carbonyl (C=O) groups is 2. The number of ether oxygens (including phenoxy) is 1. The van der Waals surface area contributed by atoms with Crippen molar-refractivity contribution in [1.29, 1.82) is 0 Å². The summed E-state index contributed by atoms with van der Waals surface area (Å²) in [6.45, 7) is 2.64. The number of thiophene rings is 1. The normalized spacial score (nSPS) is 15.4. The highest BCUT2D eigenvalue weighted by Crippen LogP contribution is 2.39. The molecule has 246 valence electrons. The lowest BCUT2D eigenvalue weighted by Crippen LogP contribution is -2.44. The first-order valence-corrected chi connectivity index (χ1v) is 17.5. The van der Waals surface area contributed by atoms with Crippen molar-refractivity contribution in [2.24, 2.45) is 5.92 Å². The SMILES string of the molecule is O=C(Cc1ccc(Oc2ccnc3cc(-c4ccc(CN5CCC(NC(=O)CCc6cccnc6)CC5)cn4)sc23)c(F)c1)CC1CC1. The third-order valence-corrected chi connectivity index (χ3v) is 10.2. The van der Waals surface area contributed by atoms with Gasteiger partial charge in [-0.15, -0.1) is 11.3 Å². The molecular formula is C38H38FN5O3S. The molecule has 1 amide bonds. The number of halogens is 1. The standard InChI is InChI=1S/C38H38FN5O3S/c39-31-20-27(19-30(45)18-25-3-4-25)6-9-34(31)47-35-11-15-41-33-21-36(48-38(33)35)32-8-5-28(23-42-32)24-44-16-12-29(13-17-44)43-37(46)10-7-26-2-1-14-40-22-26/h1-2,5-6,8-9,11,14-15,20-23,25,29H,3-4,7,10,12-13,16-19,24H2,(H,43,46). The van der Waals surface area contributed by atoms with E-state index in [2.05, 4.69) is 26.3 Å². The van der Waals surface area contributed by atoms with Gasteiger partial charge < -0.3 is 10.1 Å². The van der Waals surface area contributed by atoms with Gasteiger partial charge >= 0.3 is 0 Å². The zero-order valence-electron chi connectivity index (χ0n) is 26.7. The van der Waals surface area contributed by atoms with Gasteiger partial charge in [-0.2, -0.15) is 0 Å². The van der Waals surface area contributed by atoms with E-state index in [1.54, 1.807) is 30.6 Å². The molecule has 1 saturated carbocycles. The van der Waals surface area contributed by atoms with Gasteiger partial charge in [0.1, 0.15) is 11.5 Å². The highest BCUT2D eigenvalue weighted by Gasteiger charge is 2.25. The van der Waals surface area contributed by atoms with Gasteiger partial charge in [0.05, 0.1) is 20.8 Å². The number of hydrogen-bond donors (Lipinski definition) is 1. The van der Waals surface area contributed by atoms with Gasteiger partial charge in [-0.25, -0.2) is 4.39 Å². The summed E-state index contributed by atoms with van der Waals surface area (Å²) in [6.07, 6.45) is 13.2. The van der Waals surface area contributed by atoms with Crippen LogP contribution in [0.1, 0.15) is 55.2 Å². The second kappa shape index (κ2) is 14.7. The summed E-state index contributed by atoms with van der Waals surface area (Å²) < 4.78 is 21.8. The van der Waals surface area contributed by atoms with E-state index in [4.69, 9.17) is 9.72 Å². The first kappa shape index (κ1) is 32.0. The molecule has 1 aliphatic heterocycles. The number of nitrogens with one attached hydrogen (secondary N) is 1. The molecule has 4 aromatic heterocycles. The molecule has 1 N–H and O–H groups in total. The molecule has 48 heavy (non-hydrogen) atoms. The van der Waals surface area contributed by atoms with Crippen LogP contribution in [0.25, 0.3) is 20.8 Å². The summed E-state index contributed by atoms with van der Waals surface area (Å²) in [5, 5.41) is 3.20. The molecule has 7 rings (SSSR count). The number of hydrogen-bond acceptors (Lipinski definition) is 8. The lowest BCUT2D eigenvalue weighted by Gasteiger charge is -2.32. The van der Waals surface area contributed by atoms with Crippen molar-refractivity contribution in [3.05, 3.63) is 102 Å². The fraction of sp³-hybridized carbons (Fsp3) is 0.342. The second-order valence-electron chi connectivity index (χ2n) is 12.9. The first-order chi connectivity index (χ1) is 23.4. The Labute approximate surface area is 283 Å². The first-order valence-electron chi connectivity index (χ1n) is 16.7. The van der Waals surface area contributed by atoms with E-state index in [-0.39, 0.29) is 29.9 Å². The molecule has 8 nitrogen and oxygen atoms in total. The van der Waals surface area contributed by atoms with E-state index in [1.807, 2.05) is 36.7 Å². The van der Waals surface area contributed by atoms with Crippen molar-refractivity contribution in [3.8, 4) is 22.1 Å². The van der Waals surface area contributed by atoms with Crippen LogP contribution in [0, 0.1) is 11.7 Å². The van der Waals surface area contributed by atoms with Crippen molar-refractivity contribution in [3.63, 3.8) is 0 Å². The average molecular weight is 664 g/mol. The summed E-state index contributed by atoms with van der Waals surface area (Å²) in [7, 11) is 0. The van der Waals surface area contributed by atoms with E-state index < -0.39 is 5.82 Å². The predicted octanol–water partition coefficient (Wildman–Crippen LogP) is 7.31. The Morgan fingerprint density at radius 3 is 2.52 bits per heavy atom. The lowest BCUT2D eigenvalue weighted by atomic mass is 10.0. The van der Waals surface area contributed by atoms with Gasteiger partial charge in [0.25, 0.3) is 0 Å². The van der Waals surface area contributed by atoms with Crippen LogP contribution in [0.2, 0.25) is 0 Å². The molecule has 5 heterocycles. The van der Waals surface area contributed by atoms with E-state index >= 15 is 4.39 Å². The molecule has 2 aliphatic rings. The number of aryl methyl sites for hydroxylation is 1. The number of piperidine rings is 1. The molecule has 0 unspecified atom stereocenters. The Hall–Kier alpha value is -4.54. The zero-order chi connectivity index (χ0) is 32.9. The molecule has 5 aromatic rings. The molecule has 10 heteroatoms. The summed E-state index contributed by atoms with van der Waals surface area (Å²) in [5.74, 6) is 0.930. The van der Waals surface area contributed by atoms with Gasteiger partial charge in [-0.05, 0) is 85.0 Å². The Balaban J connectivity index is 0.921. The number of carbonyl (C=O) groups excluding carboxylic acids is 2. The third-order valence-electron chi connectivity index (χ3n) is 9.01. The molecular weight excluding hydrogens is 626 g/mol. The van der Waals surface area contributed by atoms with Gasteiger partial charge in [0.15, 0.2) is 11.6 Å². The fourth-order valence-electron chi connectivity index (χ4n) is 6.18. The molecule has 1 saturated heterocycles. The molecule has 2 fully saturated rings. The number of amides is 1. The van der Waals surface area contributed by atoms with Crippen molar-refractivity contribution in [2.45, 2.75) is 64.0 Å². The Morgan fingerprint density at radius 1 is 0.917 bits per heavy atom. The van der Waals surface area contributed by atoms with E-state index in [9.17, 15) is 9.59 Å². The monoisotopic (exact) mass is 663 g/mol. The zero-order valence-corrected chi connectivity index (χ0v) is 27.6. The van der Waals surface area contributed by atoms with Gasteiger partial charge in [-0.3, -0.25) is 29.4 Å². The van der Waals surface area contributed by atoms with Crippen LogP contribution in [-0.2, 0) is 29.0 Å². The molecule has 0 atom stereocenters. The fourth-order valence-corrected chi connectivity index (χ4v) is 7.22. The van der Waals surface area contributed by atoms with Crippen molar-refractivity contribution in [1.82, 2.24) is 25.2 Å². The van der Waals surface area contributed by atoms with Crippen LogP contribution >= 0.6 is 11.3 Å². The summed E-state index contributed by atoms with van der Waals surface area (Å²) in [6, 6.07) is 16.7.